The van der Waals surface area contributed by atoms with Crippen LogP contribution in [0.1, 0.15) is 0 Å². The van der Waals surface area contributed by atoms with Crippen molar-refractivity contribution in [3.63, 3.8) is 0 Å². The average molecular weight is 289 g/mol. The third-order valence-corrected chi connectivity index (χ3v) is 2.28. The smallest absolute Gasteiger partial charge is 0.478 e. The summed E-state index contributed by atoms with van der Waals surface area (Å²) in [6.07, 6.45) is 5.95. The molecule has 0 bridgehead atoms. The zero-order chi connectivity index (χ0) is 15.3. The van der Waals surface area contributed by atoms with Crippen molar-refractivity contribution in [2.45, 2.75) is 6.18 Å². The van der Waals surface area contributed by atoms with E-state index in [1.54, 1.807) is 12.2 Å². The number of rotatable bonds is 1. The molecule has 0 saturated heterocycles. The van der Waals surface area contributed by atoms with Crippen LogP contribution in [-0.2, 0) is 9.59 Å². The molecule has 0 radical (unpaired) electrons. The van der Waals surface area contributed by atoms with E-state index in [-0.39, 0.29) is 0 Å². The summed E-state index contributed by atoms with van der Waals surface area (Å²) in [6, 6.07) is 0. The Kier molecular flexibility index (Phi) is 4.73. The molecule has 2 aliphatic heterocycles. The summed E-state index contributed by atoms with van der Waals surface area (Å²) >= 11 is 0. The van der Waals surface area contributed by atoms with Crippen LogP contribution in [0.2, 0.25) is 0 Å². The fraction of sp³-hybridized carbons (Fsp3) is 0.167. The van der Waals surface area contributed by atoms with Crippen LogP contribution >= 0.6 is 0 Å². The highest BCUT2D eigenvalue weighted by molar-refractivity contribution is 5.90. The topological polar surface area (TPSA) is 77.8 Å². The largest absolute Gasteiger partial charge is 0.490 e. The first-order chi connectivity index (χ1) is 9.21. The van der Waals surface area contributed by atoms with E-state index >= 15 is 0 Å². The number of hydrogen-bond donors (Lipinski definition) is 2. The molecule has 2 heterocycles. The van der Waals surface area contributed by atoms with Gasteiger partial charge in [0.25, 0.3) is 0 Å². The monoisotopic (exact) mass is 289 g/mol. The van der Waals surface area contributed by atoms with Crippen LogP contribution in [-0.4, -0.2) is 39.8 Å². The lowest BCUT2D eigenvalue weighted by atomic mass is 10.1. The molecule has 2 rings (SSSR count). The van der Waals surface area contributed by atoms with Gasteiger partial charge in [-0.15, -0.1) is 0 Å². The van der Waals surface area contributed by atoms with Crippen molar-refractivity contribution in [2.24, 2.45) is 0 Å². The van der Waals surface area contributed by atoms with Gasteiger partial charge in [0.2, 0.25) is 0 Å². The first kappa shape index (κ1) is 15.5. The van der Waals surface area contributed by atoms with Gasteiger partial charge in [-0.25, -0.2) is 9.59 Å². The minimum atomic E-state index is -5.08. The fourth-order valence-corrected chi connectivity index (χ4v) is 1.35. The van der Waals surface area contributed by atoms with E-state index in [4.69, 9.17) is 15.0 Å². The number of fused-ring (bicyclic) bond motifs is 1. The quantitative estimate of drug-likeness (QED) is 0.771. The molecule has 0 fully saturated rings. The number of carboxylic acid groups (broad SMARTS) is 2. The molecule has 2 N–H and O–H groups in total. The van der Waals surface area contributed by atoms with E-state index in [0.29, 0.717) is 12.1 Å². The third-order valence-electron chi connectivity index (χ3n) is 2.28. The highest BCUT2D eigenvalue weighted by atomic mass is 19.4. The molecule has 0 aromatic rings. The molecule has 2 aliphatic rings. The predicted octanol–water partition coefficient (Wildman–Crippen LogP) is 1.91. The molecule has 5 nitrogen and oxygen atoms in total. The molecule has 20 heavy (non-hydrogen) atoms. The summed E-state index contributed by atoms with van der Waals surface area (Å²) in [5.74, 6) is -3.62. The lowest BCUT2D eigenvalue weighted by Crippen LogP contribution is -2.22. The number of aliphatic carboxylic acids is 2. The summed E-state index contributed by atoms with van der Waals surface area (Å²) in [4.78, 5) is 21.5. The van der Waals surface area contributed by atoms with Gasteiger partial charge in [0, 0.05) is 18.4 Å². The number of nitrogens with zero attached hydrogens (tertiary/aromatic N) is 1. The Morgan fingerprint density at radius 1 is 1.20 bits per heavy atom. The molecule has 0 saturated carbocycles. The van der Waals surface area contributed by atoms with Crippen molar-refractivity contribution in [2.75, 3.05) is 6.54 Å². The lowest BCUT2D eigenvalue weighted by molar-refractivity contribution is -0.192. The fourth-order valence-electron chi connectivity index (χ4n) is 1.35. The van der Waals surface area contributed by atoms with Gasteiger partial charge in [-0.3, -0.25) is 0 Å². The van der Waals surface area contributed by atoms with Crippen molar-refractivity contribution < 1.29 is 33.0 Å². The molecular weight excluding hydrogens is 279 g/mol. The average Bonchev–Trinajstić information content (AvgIpc) is 2.37. The van der Waals surface area contributed by atoms with Crippen LogP contribution in [0.25, 0.3) is 0 Å². The van der Waals surface area contributed by atoms with Crippen molar-refractivity contribution in [1.29, 1.82) is 0 Å². The van der Waals surface area contributed by atoms with Gasteiger partial charge in [-0.05, 0) is 18.2 Å². The molecule has 0 unspecified atom stereocenters. The Labute approximate surface area is 111 Å². The van der Waals surface area contributed by atoms with Gasteiger partial charge in [-0.1, -0.05) is 12.2 Å². The Morgan fingerprint density at radius 3 is 2.30 bits per heavy atom. The predicted molar refractivity (Wildman–Crippen MR) is 62.5 cm³/mol. The van der Waals surface area contributed by atoms with Gasteiger partial charge in [0.1, 0.15) is 0 Å². The van der Waals surface area contributed by atoms with Crippen molar-refractivity contribution in [1.82, 2.24) is 4.90 Å². The summed E-state index contributed by atoms with van der Waals surface area (Å²) in [6.45, 7) is 0.633. The summed E-state index contributed by atoms with van der Waals surface area (Å²) in [7, 11) is 0. The Balaban J connectivity index is 0.000000246. The van der Waals surface area contributed by atoms with Gasteiger partial charge in [0.15, 0.2) is 0 Å². The Morgan fingerprint density at radius 2 is 1.80 bits per heavy atom. The minimum absolute atomic E-state index is 0.367. The van der Waals surface area contributed by atoms with Gasteiger partial charge < -0.3 is 15.1 Å². The van der Waals surface area contributed by atoms with Crippen LogP contribution in [0.4, 0.5) is 13.2 Å². The number of allylic oxidation sites excluding steroid dienone is 3. The number of alkyl halides is 3. The van der Waals surface area contributed by atoms with E-state index in [9.17, 15) is 18.0 Å². The zero-order valence-corrected chi connectivity index (χ0v) is 9.96. The highest BCUT2D eigenvalue weighted by Crippen LogP contribution is 2.19. The van der Waals surface area contributed by atoms with E-state index in [2.05, 4.69) is 0 Å². The van der Waals surface area contributed by atoms with Crippen LogP contribution in [0.5, 0.6) is 0 Å². The van der Waals surface area contributed by atoms with E-state index in [0.717, 1.165) is 5.70 Å². The number of halogens is 3. The molecular formula is C12H10F3NO4. The van der Waals surface area contributed by atoms with Crippen molar-refractivity contribution in [3.05, 3.63) is 47.9 Å². The standard InChI is InChI=1S/C10H9NO2.C2HF3O2/c12-10(13)8-4-6-11-5-2-1-3-9(11)7-8;3-2(4,5)1(6)7/h1-5,7H,6H2,(H,12,13);(H,6,7). The molecule has 0 spiro atoms. The van der Waals surface area contributed by atoms with Crippen LogP contribution < -0.4 is 0 Å². The molecule has 108 valence electrons. The van der Waals surface area contributed by atoms with Gasteiger partial charge >= 0.3 is 18.1 Å². The second-order valence-electron chi connectivity index (χ2n) is 3.69. The van der Waals surface area contributed by atoms with E-state index < -0.39 is 18.1 Å². The normalized spacial score (nSPS) is 16.4. The Hall–Kier alpha value is -2.51. The number of hydrogen-bond acceptors (Lipinski definition) is 3. The molecule has 0 atom stereocenters. The van der Waals surface area contributed by atoms with Crippen LogP contribution in [0.3, 0.4) is 0 Å². The van der Waals surface area contributed by atoms with E-state index in [1.165, 1.54) is 0 Å². The van der Waals surface area contributed by atoms with Gasteiger partial charge in [-0.2, -0.15) is 13.2 Å². The Bertz CT molecular complexity index is 529. The lowest BCUT2D eigenvalue weighted by Gasteiger charge is -2.25. The second kappa shape index (κ2) is 6.09. The molecule has 8 heteroatoms. The molecule has 0 aromatic carbocycles. The number of carbonyl (C=O) groups is 2. The molecule has 0 aromatic heterocycles. The maximum atomic E-state index is 10.7. The minimum Gasteiger partial charge on any atom is -0.478 e. The first-order valence-electron chi connectivity index (χ1n) is 5.28. The first-order valence-corrected chi connectivity index (χ1v) is 5.28. The zero-order valence-electron chi connectivity index (χ0n) is 9.96. The van der Waals surface area contributed by atoms with Crippen molar-refractivity contribution in [3.8, 4) is 0 Å². The maximum Gasteiger partial charge on any atom is 0.490 e. The van der Waals surface area contributed by atoms with E-state index in [1.807, 2.05) is 29.3 Å². The van der Waals surface area contributed by atoms with Crippen molar-refractivity contribution >= 4 is 11.9 Å². The molecule has 0 aliphatic carbocycles. The number of carboxylic acids is 2. The van der Waals surface area contributed by atoms with Crippen LogP contribution in [0.15, 0.2) is 47.9 Å². The molecule has 0 amide bonds. The SMILES string of the molecule is O=C(O)C(F)(F)F.O=C(O)C1=CCN2C=CC=CC2=C1. The van der Waals surface area contributed by atoms with Gasteiger partial charge in [0.05, 0.1) is 5.57 Å². The summed E-state index contributed by atoms with van der Waals surface area (Å²) in [5, 5.41) is 15.9. The second-order valence-corrected chi connectivity index (χ2v) is 3.69. The van der Waals surface area contributed by atoms with Crippen LogP contribution in [0, 0.1) is 0 Å². The maximum absolute atomic E-state index is 10.7. The third kappa shape index (κ3) is 4.30. The summed E-state index contributed by atoms with van der Waals surface area (Å²) < 4.78 is 31.7. The highest BCUT2D eigenvalue weighted by Gasteiger charge is 2.38. The summed E-state index contributed by atoms with van der Waals surface area (Å²) in [5.41, 5.74) is 1.30.